The van der Waals surface area contributed by atoms with Gasteiger partial charge in [-0.15, -0.1) is 13.2 Å². The first-order valence-corrected chi connectivity index (χ1v) is 8.77. The van der Waals surface area contributed by atoms with E-state index in [-0.39, 0.29) is 35.8 Å². The number of carbonyl (C=O) groups is 2. The number of furan rings is 1. The number of ether oxygens (including phenoxy) is 1. The molecule has 3 rings (SSSR count). The summed E-state index contributed by atoms with van der Waals surface area (Å²) in [5.74, 6) is -0.875. The molecule has 1 unspecified atom stereocenters. The van der Waals surface area contributed by atoms with Gasteiger partial charge in [-0.1, -0.05) is 12.1 Å². The maximum Gasteiger partial charge on any atom is 0.573 e. The van der Waals surface area contributed by atoms with Crippen molar-refractivity contribution in [2.24, 2.45) is 5.92 Å². The average Bonchev–Trinajstić information content (AvgIpc) is 3.20. The van der Waals surface area contributed by atoms with Crippen LogP contribution in [-0.2, 0) is 11.3 Å². The highest BCUT2D eigenvalue weighted by Gasteiger charge is 2.31. The predicted molar refractivity (Wildman–Crippen MR) is 92.3 cm³/mol. The number of rotatable bonds is 5. The highest BCUT2D eigenvalue weighted by atomic mass is 19.4. The Balaban J connectivity index is 1.51. The van der Waals surface area contributed by atoms with E-state index in [9.17, 15) is 22.8 Å². The molecule has 1 N–H and O–H groups in total. The zero-order chi connectivity index (χ0) is 20.1. The van der Waals surface area contributed by atoms with E-state index in [1.54, 1.807) is 17.0 Å². The van der Waals surface area contributed by atoms with Gasteiger partial charge in [-0.25, -0.2) is 0 Å². The Kier molecular flexibility index (Phi) is 5.91. The predicted octanol–water partition coefficient (Wildman–Crippen LogP) is 3.35. The van der Waals surface area contributed by atoms with Crippen LogP contribution in [0.3, 0.4) is 0 Å². The molecular formula is C19H19F3N2O4. The molecule has 0 bridgehead atoms. The summed E-state index contributed by atoms with van der Waals surface area (Å²) in [6.07, 6.45) is -1.96. The van der Waals surface area contributed by atoms with Crippen molar-refractivity contribution in [3.8, 4) is 5.75 Å². The van der Waals surface area contributed by atoms with Crippen LogP contribution in [-0.4, -0.2) is 36.2 Å². The minimum Gasteiger partial charge on any atom is -0.459 e. The third-order valence-electron chi connectivity index (χ3n) is 4.44. The summed E-state index contributed by atoms with van der Waals surface area (Å²) in [6, 6.07) is 8.51. The van der Waals surface area contributed by atoms with Gasteiger partial charge in [0.2, 0.25) is 5.91 Å². The normalized spacial score (nSPS) is 17.2. The highest BCUT2D eigenvalue weighted by molar-refractivity contribution is 5.92. The SMILES string of the molecule is O=C(NCc1ccc(OC(F)(F)F)cc1)C1CCCN(C(=O)c2ccco2)C1. The van der Waals surface area contributed by atoms with Crippen molar-refractivity contribution < 1.29 is 31.9 Å². The van der Waals surface area contributed by atoms with Crippen molar-refractivity contribution in [2.45, 2.75) is 25.7 Å². The zero-order valence-corrected chi connectivity index (χ0v) is 14.9. The van der Waals surface area contributed by atoms with Crippen LogP contribution in [0.1, 0.15) is 29.0 Å². The van der Waals surface area contributed by atoms with E-state index in [4.69, 9.17) is 4.42 Å². The second-order valence-electron chi connectivity index (χ2n) is 6.48. The molecule has 2 aromatic rings. The molecule has 9 heteroatoms. The molecule has 6 nitrogen and oxygen atoms in total. The van der Waals surface area contributed by atoms with Gasteiger partial charge < -0.3 is 19.4 Å². The van der Waals surface area contributed by atoms with Gasteiger partial charge in [0.05, 0.1) is 12.2 Å². The summed E-state index contributed by atoms with van der Waals surface area (Å²) in [7, 11) is 0. The van der Waals surface area contributed by atoms with Crippen molar-refractivity contribution in [1.82, 2.24) is 10.2 Å². The third-order valence-corrected chi connectivity index (χ3v) is 4.44. The lowest BCUT2D eigenvalue weighted by molar-refractivity contribution is -0.274. The Morgan fingerprint density at radius 1 is 1.21 bits per heavy atom. The Hall–Kier alpha value is -2.97. The first kappa shape index (κ1) is 19.8. The van der Waals surface area contributed by atoms with Gasteiger partial charge in [0, 0.05) is 19.6 Å². The Morgan fingerprint density at radius 3 is 2.61 bits per heavy atom. The molecule has 1 saturated heterocycles. The minimum atomic E-state index is -4.74. The molecule has 0 aliphatic carbocycles. The number of hydrogen-bond acceptors (Lipinski definition) is 4. The molecule has 1 atom stereocenters. The maximum atomic E-state index is 12.4. The number of alkyl halides is 3. The third kappa shape index (κ3) is 5.28. The summed E-state index contributed by atoms with van der Waals surface area (Å²) in [5, 5.41) is 2.77. The van der Waals surface area contributed by atoms with E-state index in [1.165, 1.54) is 30.5 Å². The molecular weight excluding hydrogens is 377 g/mol. The first-order chi connectivity index (χ1) is 13.3. The highest BCUT2D eigenvalue weighted by Crippen LogP contribution is 2.23. The zero-order valence-electron chi connectivity index (χ0n) is 14.9. The second kappa shape index (κ2) is 8.37. The van der Waals surface area contributed by atoms with Crippen LogP contribution in [0, 0.1) is 5.92 Å². The Labute approximate surface area is 159 Å². The average molecular weight is 396 g/mol. The van der Waals surface area contributed by atoms with Crippen LogP contribution in [0.15, 0.2) is 47.1 Å². The van der Waals surface area contributed by atoms with Gasteiger partial charge in [-0.3, -0.25) is 9.59 Å². The molecule has 1 aromatic heterocycles. The molecule has 0 saturated carbocycles. The van der Waals surface area contributed by atoms with Gasteiger partial charge in [0.15, 0.2) is 5.76 Å². The van der Waals surface area contributed by atoms with Crippen molar-refractivity contribution in [2.75, 3.05) is 13.1 Å². The number of nitrogens with one attached hydrogen (secondary N) is 1. The molecule has 1 fully saturated rings. The van der Waals surface area contributed by atoms with E-state index in [2.05, 4.69) is 10.1 Å². The van der Waals surface area contributed by atoms with Crippen molar-refractivity contribution in [3.63, 3.8) is 0 Å². The number of piperidine rings is 1. The smallest absolute Gasteiger partial charge is 0.459 e. The monoisotopic (exact) mass is 396 g/mol. The number of carbonyl (C=O) groups excluding carboxylic acids is 2. The van der Waals surface area contributed by atoms with Gasteiger partial charge in [-0.05, 0) is 42.7 Å². The molecule has 0 spiro atoms. The lowest BCUT2D eigenvalue weighted by atomic mass is 9.96. The van der Waals surface area contributed by atoms with Crippen LogP contribution in [0.25, 0.3) is 0 Å². The number of likely N-dealkylation sites (tertiary alicyclic amines) is 1. The maximum absolute atomic E-state index is 12.4. The van der Waals surface area contributed by atoms with Crippen LogP contribution in [0.2, 0.25) is 0 Å². The Morgan fingerprint density at radius 2 is 1.96 bits per heavy atom. The van der Waals surface area contributed by atoms with Gasteiger partial charge in [-0.2, -0.15) is 0 Å². The lowest BCUT2D eigenvalue weighted by Gasteiger charge is -2.31. The van der Waals surface area contributed by atoms with E-state index in [1.807, 2.05) is 0 Å². The van der Waals surface area contributed by atoms with Gasteiger partial charge >= 0.3 is 6.36 Å². The number of benzene rings is 1. The summed E-state index contributed by atoms with van der Waals surface area (Å²) in [5.41, 5.74) is 0.641. The molecule has 1 aliphatic rings. The molecule has 1 aliphatic heterocycles. The fraction of sp³-hybridized carbons (Fsp3) is 0.368. The number of hydrogen-bond donors (Lipinski definition) is 1. The fourth-order valence-electron chi connectivity index (χ4n) is 3.07. The number of halogens is 3. The van der Waals surface area contributed by atoms with Crippen molar-refractivity contribution >= 4 is 11.8 Å². The first-order valence-electron chi connectivity index (χ1n) is 8.77. The molecule has 28 heavy (non-hydrogen) atoms. The Bertz CT molecular complexity index is 804. The van der Waals surface area contributed by atoms with E-state index < -0.39 is 6.36 Å². The van der Waals surface area contributed by atoms with Crippen LogP contribution < -0.4 is 10.1 Å². The van der Waals surface area contributed by atoms with Gasteiger partial charge in [0.25, 0.3) is 5.91 Å². The minimum absolute atomic E-state index is 0.174. The summed E-state index contributed by atoms with van der Waals surface area (Å²) >= 11 is 0. The molecule has 2 amide bonds. The van der Waals surface area contributed by atoms with Crippen molar-refractivity contribution in [1.29, 1.82) is 0 Å². The van der Waals surface area contributed by atoms with E-state index in [0.717, 1.165) is 0 Å². The van der Waals surface area contributed by atoms with Gasteiger partial charge in [0.1, 0.15) is 5.75 Å². The molecule has 1 aromatic carbocycles. The van der Waals surface area contributed by atoms with E-state index in [0.29, 0.717) is 31.5 Å². The largest absolute Gasteiger partial charge is 0.573 e. The summed E-state index contributed by atoms with van der Waals surface area (Å²) < 4.78 is 45.4. The summed E-state index contributed by atoms with van der Waals surface area (Å²) in [6.45, 7) is 1.03. The second-order valence-corrected chi connectivity index (χ2v) is 6.48. The quantitative estimate of drug-likeness (QED) is 0.842. The molecule has 0 radical (unpaired) electrons. The number of amides is 2. The fourth-order valence-corrected chi connectivity index (χ4v) is 3.07. The van der Waals surface area contributed by atoms with E-state index >= 15 is 0 Å². The topological polar surface area (TPSA) is 71.8 Å². The van der Waals surface area contributed by atoms with Crippen LogP contribution in [0.4, 0.5) is 13.2 Å². The lowest BCUT2D eigenvalue weighted by Crippen LogP contribution is -2.45. The van der Waals surface area contributed by atoms with Crippen molar-refractivity contribution in [3.05, 3.63) is 54.0 Å². The molecule has 150 valence electrons. The standard InChI is InChI=1S/C19H19F3N2O4/c20-19(21,22)28-15-7-5-13(6-8-15)11-23-17(25)14-3-1-9-24(12-14)18(26)16-4-2-10-27-16/h2,4-8,10,14H,1,3,9,11-12H2,(H,23,25). The number of nitrogens with zero attached hydrogens (tertiary/aromatic N) is 1. The van der Waals surface area contributed by atoms with Crippen LogP contribution in [0.5, 0.6) is 5.75 Å². The molecule has 2 heterocycles. The van der Waals surface area contributed by atoms with Crippen LogP contribution >= 0.6 is 0 Å². The summed E-state index contributed by atoms with van der Waals surface area (Å²) in [4.78, 5) is 26.4.